The van der Waals surface area contributed by atoms with Crippen molar-refractivity contribution >= 4 is 0 Å². The molecule has 1 N–H and O–H groups in total. The largest absolute Gasteiger partial charge is 0.505 e. The number of hydrogen-bond donors (Lipinski definition) is 1. The van der Waals surface area contributed by atoms with Crippen molar-refractivity contribution in [1.82, 2.24) is 0 Å². The summed E-state index contributed by atoms with van der Waals surface area (Å²) < 4.78 is 5.97. The van der Waals surface area contributed by atoms with Gasteiger partial charge in [0.2, 0.25) is 5.39 Å². The van der Waals surface area contributed by atoms with Crippen LogP contribution in [0.25, 0.3) is 4.98 Å². The monoisotopic (exact) mass is 245 g/mol. The van der Waals surface area contributed by atoms with E-state index in [1.165, 1.54) is 5.56 Å². The van der Waals surface area contributed by atoms with Gasteiger partial charge in [0.15, 0.2) is 10.7 Å². The number of rotatable bonds is 3. The maximum Gasteiger partial charge on any atom is 0.387 e. The van der Waals surface area contributed by atoms with E-state index < -0.39 is 0 Å². The quantitative estimate of drug-likeness (QED) is 0.648. The van der Waals surface area contributed by atoms with Gasteiger partial charge < -0.3 is 9.84 Å². The van der Waals surface area contributed by atoms with E-state index in [-0.39, 0.29) is 18.0 Å². The summed E-state index contributed by atoms with van der Waals surface area (Å²) in [4.78, 5) is 2.81. The predicted molar refractivity (Wildman–Crippen MR) is 68.3 cm³/mol. The molecule has 1 fully saturated rings. The zero-order valence-electron chi connectivity index (χ0n) is 10.2. The molecular formula is C14H17N2O2+. The second-order valence-electron chi connectivity index (χ2n) is 4.53. The fraction of sp³-hybridized carbons (Fsp3) is 0.429. The Hall–Kier alpha value is -1.86. The van der Waals surface area contributed by atoms with Gasteiger partial charge in [-0.3, -0.25) is 0 Å². The molecule has 0 bridgehead atoms. The molecule has 0 aromatic heterocycles. The van der Waals surface area contributed by atoms with Gasteiger partial charge in [-0.25, -0.2) is 0 Å². The lowest BCUT2D eigenvalue weighted by Gasteiger charge is -2.30. The second kappa shape index (κ2) is 6.18. The zero-order chi connectivity index (χ0) is 12.8. The number of diazo groups is 1. The van der Waals surface area contributed by atoms with E-state index in [9.17, 15) is 5.11 Å². The van der Waals surface area contributed by atoms with Crippen LogP contribution < -0.4 is 0 Å². The molecule has 0 radical (unpaired) electrons. The lowest BCUT2D eigenvalue weighted by molar-refractivity contribution is -0.0541. The van der Waals surface area contributed by atoms with Gasteiger partial charge in [-0.05, 0) is 24.8 Å². The normalized spacial score (nSPS) is 24.5. The van der Waals surface area contributed by atoms with Crippen molar-refractivity contribution in [3.63, 3.8) is 0 Å². The molecule has 1 heterocycles. The number of ether oxygens (including phenoxy) is 1. The molecule has 94 valence electrons. The second-order valence-corrected chi connectivity index (χ2v) is 4.53. The Labute approximate surface area is 107 Å². The summed E-state index contributed by atoms with van der Waals surface area (Å²) in [5.74, 6) is 0.0520. The molecule has 0 unspecified atom stereocenters. The van der Waals surface area contributed by atoms with Crippen LogP contribution in [0.15, 0.2) is 42.3 Å². The Morgan fingerprint density at radius 1 is 1.39 bits per heavy atom. The first kappa shape index (κ1) is 12.6. The van der Waals surface area contributed by atoms with Crippen LogP contribution in [0, 0.1) is 5.39 Å². The van der Waals surface area contributed by atoms with Crippen molar-refractivity contribution in [2.75, 3.05) is 0 Å². The van der Waals surface area contributed by atoms with E-state index in [0.29, 0.717) is 6.42 Å². The van der Waals surface area contributed by atoms with E-state index in [1.807, 2.05) is 18.2 Å². The van der Waals surface area contributed by atoms with E-state index in [1.54, 1.807) is 0 Å². The molecule has 1 aliphatic rings. The van der Waals surface area contributed by atoms with Crippen LogP contribution in [0.3, 0.4) is 0 Å². The van der Waals surface area contributed by atoms with Crippen LogP contribution >= 0.6 is 0 Å². The SMILES string of the molecule is N#[N+]/C=C(\O)C[C@@H]1CCC[C@H](c2ccccc2)O1. The van der Waals surface area contributed by atoms with Crippen molar-refractivity contribution in [3.8, 4) is 0 Å². The van der Waals surface area contributed by atoms with Gasteiger partial charge >= 0.3 is 6.20 Å². The van der Waals surface area contributed by atoms with Crippen LogP contribution in [0.5, 0.6) is 0 Å². The van der Waals surface area contributed by atoms with Crippen LogP contribution in [-0.2, 0) is 4.74 Å². The summed E-state index contributed by atoms with van der Waals surface area (Å²) in [6.07, 6.45) is 4.55. The zero-order valence-corrected chi connectivity index (χ0v) is 10.2. The van der Waals surface area contributed by atoms with E-state index >= 15 is 0 Å². The summed E-state index contributed by atoms with van der Waals surface area (Å²) in [5, 5.41) is 17.8. The maximum atomic E-state index is 9.49. The minimum Gasteiger partial charge on any atom is -0.505 e. The molecule has 1 saturated heterocycles. The molecule has 0 amide bonds. The minimum absolute atomic E-state index is 0.0121. The first-order valence-electron chi connectivity index (χ1n) is 6.22. The highest BCUT2D eigenvalue weighted by molar-refractivity contribution is 5.18. The molecule has 0 spiro atoms. The Morgan fingerprint density at radius 3 is 2.89 bits per heavy atom. The molecule has 4 heteroatoms. The van der Waals surface area contributed by atoms with Gasteiger partial charge in [0.05, 0.1) is 12.2 Å². The topological polar surface area (TPSA) is 57.6 Å². The molecule has 2 atom stereocenters. The summed E-state index contributed by atoms with van der Waals surface area (Å²) in [6.45, 7) is 0. The summed E-state index contributed by atoms with van der Waals surface area (Å²) in [5.41, 5.74) is 1.18. The van der Waals surface area contributed by atoms with Crippen molar-refractivity contribution < 1.29 is 9.84 Å². The van der Waals surface area contributed by atoms with Crippen molar-refractivity contribution in [2.45, 2.75) is 37.9 Å². The molecule has 1 aromatic carbocycles. The maximum absolute atomic E-state index is 9.49. The first-order chi connectivity index (χ1) is 8.79. The van der Waals surface area contributed by atoms with Crippen molar-refractivity contribution in [2.24, 2.45) is 0 Å². The van der Waals surface area contributed by atoms with Crippen LogP contribution in [0.4, 0.5) is 0 Å². The Bertz CT molecular complexity index is 451. The van der Waals surface area contributed by atoms with Gasteiger partial charge in [-0.1, -0.05) is 30.3 Å². The highest BCUT2D eigenvalue weighted by atomic mass is 16.5. The van der Waals surface area contributed by atoms with E-state index in [4.69, 9.17) is 10.1 Å². The van der Waals surface area contributed by atoms with Gasteiger partial charge in [0.25, 0.3) is 0 Å². The smallest absolute Gasteiger partial charge is 0.387 e. The Balaban J connectivity index is 1.97. The highest BCUT2D eigenvalue weighted by Gasteiger charge is 2.24. The molecule has 0 saturated carbocycles. The number of hydrogen-bond acceptors (Lipinski definition) is 3. The highest BCUT2D eigenvalue weighted by Crippen LogP contribution is 2.32. The molecule has 2 rings (SSSR count). The molecule has 1 aromatic rings. The Morgan fingerprint density at radius 2 is 2.17 bits per heavy atom. The fourth-order valence-electron chi connectivity index (χ4n) is 2.32. The number of benzene rings is 1. The summed E-state index contributed by atoms with van der Waals surface area (Å²) in [6, 6.07) is 10.1. The van der Waals surface area contributed by atoms with Gasteiger partial charge in [0.1, 0.15) is 0 Å². The number of aliphatic hydroxyl groups is 1. The third-order valence-electron chi connectivity index (χ3n) is 3.16. The average molecular weight is 245 g/mol. The molecule has 4 nitrogen and oxygen atoms in total. The fourth-order valence-corrected chi connectivity index (χ4v) is 2.32. The predicted octanol–water partition coefficient (Wildman–Crippen LogP) is 3.94. The third kappa shape index (κ3) is 3.31. The van der Waals surface area contributed by atoms with Crippen LogP contribution in [-0.4, -0.2) is 11.2 Å². The lowest BCUT2D eigenvalue weighted by atomic mass is 9.97. The molecule has 18 heavy (non-hydrogen) atoms. The summed E-state index contributed by atoms with van der Waals surface area (Å²) in [7, 11) is 0. The van der Waals surface area contributed by atoms with Crippen LogP contribution in [0.1, 0.15) is 37.4 Å². The van der Waals surface area contributed by atoms with Gasteiger partial charge in [0, 0.05) is 6.42 Å². The van der Waals surface area contributed by atoms with Crippen molar-refractivity contribution in [3.05, 3.63) is 52.8 Å². The summed E-state index contributed by atoms with van der Waals surface area (Å²) >= 11 is 0. The molecular weight excluding hydrogens is 228 g/mol. The lowest BCUT2D eigenvalue weighted by Crippen LogP contribution is -2.22. The van der Waals surface area contributed by atoms with Crippen LogP contribution in [0.2, 0.25) is 0 Å². The average Bonchev–Trinajstić information content (AvgIpc) is 2.40. The van der Waals surface area contributed by atoms with Gasteiger partial charge in [-0.15, -0.1) is 0 Å². The minimum atomic E-state index is -0.0121. The number of aliphatic hydroxyl groups excluding tert-OH is 1. The standard InChI is InChI=1S/C14H16N2O2/c15-16-10-12(17)9-13-7-4-8-14(18-13)11-5-2-1-3-6-11/h1-3,5-6,10,13-14H,4,7-9H2/p+1/b12-10-/t13-,14+/m0/s1. The number of nitrogens with zero attached hydrogens (tertiary/aromatic N) is 2. The van der Waals surface area contributed by atoms with E-state index in [2.05, 4.69) is 17.1 Å². The molecule has 0 aliphatic carbocycles. The molecule has 1 aliphatic heterocycles. The van der Waals surface area contributed by atoms with E-state index in [0.717, 1.165) is 25.5 Å². The first-order valence-corrected chi connectivity index (χ1v) is 6.22. The third-order valence-corrected chi connectivity index (χ3v) is 3.16. The van der Waals surface area contributed by atoms with Crippen molar-refractivity contribution in [1.29, 1.82) is 5.39 Å². The van der Waals surface area contributed by atoms with Gasteiger partial charge in [-0.2, -0.15) is 0 Å². The Kier molecular flexibility index (Phi) is 4.32.